The van der Waals surface area contributed by atoms with E-state index in [4.69, 9.17) is 4.98 Å². The summed E-state index contributed by atoms with van der Waals surface area (Å²) in [5.74, 6) is -2.26. The molecule has 1 aliphatic rings. The highest BCUT2D eigenvalue weighted by Gasteiger charge is 2.23. The second-order valence-corrected chi connectivity index (χ2v) is 9.23. The molecule has 1 aliphatic heterocycles. The average molecular weight is 474 g/mol. The van der Waals surface area contributed by atoms with Gasteiger partial charge < -0.3 is 10.2 Å². The van der Waals surface area contributed by atoms with Gasteiger partial charge in [-0.2, -0.15) is 4.98 Å². The van der Waals surface area contributed by atoms with Gasteiger partial charge in [0, 0.05) is 19.2 Å². The molecule has 32 heavy (non-hydrogen) atoms. The number of amides is 1. The normalized spacial score (nSPS) is 13.8. The Morgan fingerprint density at radius 3 is 2.69 bits per heavy atom. The molecule has 1 aromatic carbocycles. The van der Waals surface area contributed by atoms with Crippen LogP contribution in [0.5, 0.6) is 0 Å². The van der Waals surface area contributed by atoms with E-state index in [9.17, 15) is 18.4 Å². The first-order chi connectivity index (χ1) is 15.5. The van der Waals surface area contributed by atoms with E-state index in [0.717, 1.165) is 48.1 Å². The van der Waals surface area contributed by atoms with Gasteiger partial charge in [0.15, 0.2) is 5.13 Å². The van der Waals surface area contributed by atoms with Gasteiger partial charge in [0.2, 0.25) is 5.91 Å². The minimum Gasteiger partial charge on any atom is -0.348 e. The van der Waals surface area contributed by atoms with E-state index in [2.05, 4.69) is 15.2 Å². The highest BCUT2D eigenvalue weighted by molar-refractivity contribution is 7.22. The number of carbonyl (C=O) groups is 1. The lowest BCUT2D eigenvalue weighted by Gasteiger charge is -2.11. The van der Waals surface area contributed by atoms with E-state index in [0.29, 0.717) is 22.1 Å². The molecule has 1 saturated heterocycles. The third-order valence-electron chi connectivity index (χ3n) is 5.14. The highest BCUT2D eigenvalue weighted by Crippen LogP contribution is 2.35. The summed E-state index contributed by atoms with van der Waals surface area (Å²) in [5, 5.41) is 5.06. The van der Waals surface area contributed by atoms with Gasteiger partial charge in [0.25, 0.3) is 0 Å². The summed E-state index contributed by atoms with van der Waals surface area (Å²) in [6.07, 6.45) is 2.15. The van der Waals surface area contributed by atoms with Crippen LogP contribution < -0.4 is 15.9 Å². The van der Waals surface area contributed by atoms with E-state index in [1.54, 1.807) is 0 Å². The topological polar surface area (TPSA) is 80.1 Å². The third kappa shape index (κ3) is 3.89. The number of thiazole rings is 1. The molecule has 3 aromatic heterocycles. The minimum absolute atomic E-state index is 0.161. The van der Waals surface area contributed by atoms with Crippen LogP contribution in [0, 0.1) is 11.6 Å². The summed E-state index contributed by atoms with van der Waals surface area (Å²) in [4.78, 5) is 38.0. The number of hydrogen-bond donors (Lipinski definition) is 1. The zero-order valence-electron chi connectivity index (χ0n) is 16.7. The maximum Gasteiger partial charge on any atom is 0.349 e. The highest BCUT2D eigenvalue weighted by atomic mass is 32.1. The van der Waals surface area contributed by atoms with Crippen molar-refractivity contribution < 1.29 is 13.6 Å². The number of hydrogen-bond acceptors (Lipinski definition) is 7. The van der Waals surface area contributed by atoms with Crippen molar-refractivity contribution in [3.63, 3.8) is 0 Å². The average Bonchev–Trinajstić information content (AvgIpc) is 3.53. The molecular formula is C21H17F2N5O2S2. The number of thiophene rings is 1. The summed E-state index contributed by atoms with van der Waals surface area (Å²) < 4.78 is 28.3. The molecule has 0 saturated carbocycles. The molecule has 7 nitrogen and oxygen atoms in total. The fraction of sp³-hybridized carbons (Fsp3) is 0.238. The number of nitrogens with one attached hydrogen (secondary N) is 1. The van der Waals surface area contributed by atoms with Crippen molar-refractivity contribution in [2.45, 2.75) is 19.4 Å². The summed E-state index contributed by atoms with van der Waals surface area (Å²) in [6.45, 7) is 1.40. The van der Waals surface area contributed by atoms with Crippen molar-refractivity contribution in [3.8, 4) is 10.6 Å². The first-order valence-electron chi connectivity index (χ1n) is 9.95. The fourth-order valence-electron chi connectivity index (χ4n) is 3.63. The Bertz CT molecular complexity index is 1360. The largest absolute Gasteiger partial charge is 0.349 e. The van der Waals surface area contributed by atoms with Gasteiger partial charge in [-0.05, 0) is 36.4 Å². The summed E-state index contributed by atoms with van der Waals surface area (Å²) >= 11 is 2.79. The van der Waals surface area contributed by atoms with Crippen LogP contribution in [0.15, 0.2) is 40.5 Å². The smallest absolute Gasteiger partial charge is 0.348 e. The molecule has 0 radical (unpaired) electrons. The van der Waals surface area contributed by atoms with Gasteiger partial charge in [-0.3, -0.25) is 9.36 Å². The maximum absolute atomic E-state index is 13.9. The Kier molecular flexibility index (Phi) is 5.43. The van der Waals surface area contributed by atoms with E-state index in [-0.39, 0.29) is 12.2 Å². The molecule has 0 unspecified atom stereocenters. The lowest BCUT2D eigenvalue weighted by atomic mass is 10.3. The quantitative estimate of drug-likeness (QED) is 0.472. The Morgan fingerprint density at radius 1 is 1.16 bits per heavy atom. The Labute approximate surface area is 189 Å². The fourth-order valence-corrected chi connectivity index (χ4v) is 5.45. The monoisotopic (exact) mass is 473 g/mol. The van der Waals surface area contributed by atoms with E-state index in [1.807, 2.05) is 17.5 Å². The zero-order chi connectivity index (χ0) is 22.2. The van der Waals surface area contributed by atoms with Crippen molar-refractivity contribution >= 4 is 49.7 Å². The second kappa shape index (κ2) is 8.40. The first-order valence-corrected chi connectivity index (χ1v) is 11.6. The van der Waals surface area contributed by atoms with E-state index >= 15 is 0 Å². The number of benzene rings is 1. The number of anilines is 2. The van der Waals surface area contributed by atoms with E-state index in [1.165, 1.54) is 27.2 Å². The lowest BCUT2D eigenvalue weighted by molar-refractivity contribution is -0.116. The lowest BCUT2D eigenvalue weighted by Crippen LogP contribution is -2.29. The number of carbonyl (C=O) groups excluding carboxylic acids is 1. The van der Waals surface area contributed by atoms with Crippen LogP contribution in [-0.2, 0) is 11.3 Å². The third-order valence-corrected chi connectivity index (χ3v) is 7.16. The molecule has 0 atom stereocenters. The zero-order valence-corrected chi connectivity index (χ0v) is 18.3. The molecule has 0 aliphatic carbocycles. The predicted octanol–water partition coefficient (Wildman–Crippen LogP) is 4.10. The number of aromatic nitrogens is 3. The van der Waals surface area contributed by atoms with Crippen LogP contribution >= 0.6 is 22.7 Å². The van der Waals surface area contributed by atoms with Gasteiger partial charge in [0.05, 0.1) is 10.6 Å². The number of halogens is 2. The number of fused-ring (bicyclic) bond motifs is 1. The first kappa shape index (κ1) is 20.7. The van der Waals surface area contributed by atoms with Crippen molar-refractivity contribution in [1.82, 2.24) is 14.5 Å². The Balaban J connectivity index is 1.54. The Morgan fingerprint density at radius 2 is 1.97 bits per heavy atom. The van der Waals surface area contributed by atoms with Gasteiger partial charge in [0.1, 0.15) is 34.2 Å². The van der Waals surface area contributed by atoms with Crippen molar-refractivity contribution in [2.75, 3.05) is 23.3 Å². The summed E-state index contributed by atoms with van der Waals surface area (Å²) in [7, 11) is 0. The Hall–Kier alpha value is -3.18. The molecule has 1 amide bonds. The van der Waals surface area contributed by atoms with Crippen molar-refractivity contribution in [1.29, 1.82) is 0 Å². The summed E-state index contributed by atoms with van der Waals surface area (Å²) in [5.41, 5.74) is 0.292. The second-order valence-electron chi connectivity index (χ2n) is 7.32. The maximum atomic E-state index is 13.9. The van der Waals surface area contributed by atoms with Crippen LogP contribution in [0.2, 0.25) is 0 Å². The molecule has 4 heterocycles. The number of rotatable bonds is 5. The molecule has 0 bridgehead atoms. The number of nitrogens with zero attached hydrogens (tertiary/aromatic N) is 4. The van der Waals surface area contributed by atoms with Crippen LogP contribution in [0.4, 0.5) is 19.6 Å². The molecule has 5 rings (SSSR count). The molecular weight excluding hydrogens is 456 g/mol. The van der Waals surface area contributed by atoms with Crippen LogP contribution in [0.25, 0.3) is 20.9 Å². The summed E-state index contributed by atoms with van der Waals surface area (Å²) in [6, 6.07) is 6.61. The SMILES string of the molecule is O=C(Cn1c(=O)nc(-c2cccs2)c2nc(N3CCCC3)sc21)Nc1ccc(F)cc1F. The van der Waals surface area contributed by atoms with Gasteiger partial charge >= 0.3 is 5.69 Å². The standard InChI is InChI=1S/C21H17F2N5O2S2/c22-12-5-6-14(13(23)10-12)24-16(29)11-28-19-18(26-21(32-19)27-7-1-2-8-27)17(25-20(28)30)15-4-3-9-31-15/h3-6,9-10H,1-2,7-8,11H2,(H,24,29). The molecule has 1 N–H and O–H groups in total. The predicted molar refractivity (Wildman–Crippen MR) is 121 cm³/mol. The van der Waals surface area contributed by atoms with Crippen molar-refractivity contribution in [3.05, 3.63) is 57.8 Å². The molecule has 4 aromatic rings. The van der Waals surface area contributed by atoms with Crippen LogP contribution in [0.3, 0.4) is 0 Å². The molecule has 11 heteroatoms. The molecule has 1 fully saturated rings. The van der Waals surface area contributed by atoms with E-state index < -0.39 is 23.2 Å². The van der Waals surface area contributed by atoms with Gasteiger partial charge in [-0.1, -0.05) is 17.4 Å². The van der Waals surface area contributed by atoms with Gasteiger partial charge in [-0.25, -0.2) is 18.6 Å². The van der Waals surface area contributed by atoms with Crippen LogP contribution in [-0.4, -0.2) is 33.5 Å². The van der Waals surface area contributed by atoms with Gasteiger partial charge in [-0.15, -0.1) is 11.3 Å². The van der Waals surface area contributed by atoms with Crippen LogP contribution in [0.1, 0.15) is 12.8 Å². The molecule has 164 valence electrons. The minimum atomic E-state index is -0.892. The van der Waals surface area contributed by atoms with Crippen molar-refractivity contribution in [2.24, 2.45) is 0 Å². The molecule has 0 spiro atoms.